The topological polar surface area (TPSA) is 54.0 Å². The summed E-state index contributed by atoms with van der Waals surface area (Å²) < 4.78 is 14.2. The van der Waals surface area contributed by atoms with Crippen LogP contribution in [0.1, 0.15) is 29.8 Å². The lowest BCUT2D eigenvalue weighted by Crippen LogP contribution is -2.34. The molecule has 2 aromatic heterocycles. The zero-order chi connectivity index (χ0) is 15.2. The molecule has 0 bridgehead atoms. The fraction of sp³-hybridized carbons (Fsp3) is 0.333. The van der Waals surface area contributed by atoms with Gasteiger partial charge >= 0.3 is 0 Å². The summed E-state index contributed by atoms with van der Waals surface area (Å²) in [5.74, 6) is -0.924. The minimum atomic E-state index is -0.611. The van der Waals surface area contributed by atoms with Crippen molar-refractivity contribution in [2.45, 2.75) is 26.3 Å². The molecule has 1 atom stereocenters. The van der Waals surface area contributed by atoms with Crippen molar-refractivity contribution >= 4 is 23.1 Å². The van der Waals surface area contributed by atoms with E-state index in [2.05, 4.69) is 15.6 Å². The number of carbonyl (C=O) groups excluding carboxylic acids is 1. The van der Waals surface area contributed by atoms with E-state index in [9.17, 15) is 9.18 Å². The molecule has 0 saturated carbocycles. The molecule has 1 amide bonds. The van der Waals surface area contributed by atoms with E-state index in [1.165, 1.54) is 12.3 Å². The van der Waals surface area contributed by atoms with Crippen LogP contribution in [0.25, 0.3) is 0 Å². The summed E-state index contributed by atoms with van der Waals surface area (Å²) in [6, 6.07) is 3.34. The molecule has 4 nitrogen and oxygen atoms in total. The first kappa shape index (κ1) is 15.4. The van der Waals surface area contributed by atoms with Gasteiger partial charge in [-0.25, -0.2) is 9.37 Å². The van der Waals surface area contributed by atoms with Crippen LogP contribution < -0.4 is 10.6 Å². The molecule has 0 radical (unpaired) electrons. The number of thiophene rings is 1. The van der Waals surface area contributed by atoms with Crippen LogP contribution in [0.2, 0.25) is 0 Å². The molecular formula is C15H18FN3OS. The Morgan fingerprint density at radius 1 is 1.48 bits per heavy atom. The minimum Gasteiger partial charge on any atom is -0.368 e. The first-order chi connectivity index (χ1) is 10.1. The largest absolute Gasteiger partial charge is 0.368 e. The summed E-state index contributed by atoms with van der Waals surface area (Å²) >= 11 is 1.62. The number of carbonyl (C=O) groups is 1. The van der Waals surface area contributed by atoms with Crippen LogP contribution in [0, 0.1) is 5.82 Å². The number of nitrogens with one attached hydrogen (secondary N) is 2. The maximum atomic E-state index is 14.2. The maximum absolute atomic E-state index is 14.2. The van der Waals surface area contributed by atoms with Gasteiger partial charge in [0.15, 0.2) is 11.6 Å². The molecule has 0 aromatic carbocycles. The molecular weight excluding hydrogens is 289 g/mol. The third kappa shape index (κ3) is 4.01. The van der Waals surface area contributed by atoms with Gasteiger partial charge in [-0.2, -0.15) is 11.3 Å². The molecule has 0 fully saturated rings. The van der Waals surface area contributed by atoms with Crippen molar-refractivity contribution in [3.05, 3.63) is 46.0 Å². The number of hydrogen-bond acceptors (Lipinski definition) is 4. The van der Waals surface area contributed by atoms with Crippen LogP contribution in [-0.2, 0) is 6.42 Å². The van der Waals surface area contributed by atoms with E-state index in [-0.39, 0.29) is 17.4 Å². The van der Waals surface area contributed by atoms with Crippen LogP contribution in [0.15, 0.2) is 29.1 Å². The number of rotatable bonds is 6. The number of hydrogen-bond donors (Lipinski definition) is 2. The third-order valence-electron chi connectivity index (χ3n) is 2.98. The van der Waals surface area contributed by atoms with Gasteiger partial charge in [-0.05, 0) is 48.7 Å². The van der Waals surface area contributed by atoms with Crippen molar-refractivity contribution in [3.8, 4) is 0 Å². The van der Waals surface area contributed by atoms with Crippen molar-refractivity contribution in [3.63, 3.8) is 0 Å². The second kappa shape index (κ2) is 7.17. The number of aromatic nitrogens is 1. The summed E-state index contributed by atoms with van der Waals surface area (Å²) in [7, 11) is 0. The quantitative estimate of drug-likeness (QED) is 0.862. The molecule has 21 heavy (non-hydrogen) atoms. The fourth-order valence-corrected chi connectivity index (χ4v) is 2.71. The lowest BCUT2D eigenvalue weighted by molar-refractivity contribution is 0.0936. The Balaban J connectivity index is 2.04. The molecule has 112 valence electrons. The maximum Gasteiger partial charge on any atom is 0.254 e. The monoisotopic (exact) mass is 307 g/mol. The molecule has 0 aliphatic rings. The van der Waals surface area contributed by atoms with Gasteiger partial charge in [0.1, 0.15) is 0 Å². The van der Waals surface area contributed by atoms with Crippen LogP contribution in [0.3, 0.4) is 0 Å². The Morgan fingerprint density at radius 3 is 2.95 bits per heavy atom. The molecule has 2 aromatic rings. The van der Waals surface area contributed by atoms with Gasteiger partial charge in [0.2, 0.25) is 0 Å². The van der Waals surface area contributed by atoms with E-state index in [1.54, 1.807) is 11.3 Å². The van der Waals surface area contributed by atoms with Crippen molar-refractivity contribution in [2.24, 2.45) is 0 Å². The predicted octanol–water partition coefficient (Wildman–Crippen LogP) is 3.08. The van der Waals surface area contributed by atoms with Gasteiger partial charge in [0.25, 0.3) is 5.91 Å². The van der Waals surface area contributed by atoms with E-state index < -0.39 is 11.7 Å². The molecule has 0 spiro atoms. The SMILES string of the molecule is CCNc1nccc(C(=O)NC(C)Cc2ccsc2)c1F. The average molecular weight is 307 g/mol. The van der Waals surface area contributed by atoms with Gasteiger partial charge in [-0.3, -0.25) is 4.79 Å². The van der Waals surface area contributed by atoms with Crippen LogP contribution in [0.5, 0.6) is 0 Å². The fourth-order valence-electron chi connectivity index (χ4n) is 2.02. The molecule has 0 saturated heterocycles. The zero-order valence-corrected chi connectivity index (χ0v) is 12.8. The number of nitrogens with zero attached hydrogens (tertiary/aromatic N) is 1. The lowest BCUT2D eigenvalue weighted by Gasteiger charge is -2.14. The second-order valence-electron chi connectivity index (χ2n) is 4.76. The highest BCUT2D eigenvalue weighted by atomic mass is 32.1. The van der Waals surface area contributed by atoms with Crippen molar-refractivity contribution in [2.75, 3.05) is 11.9 Å². The first-order valence-electron chi connectivity index (χ1n) is 6.82. The number of anilines is 1. The summed E-state index contributed by atoms with van der Waals surface area (Å²) in [5, 5.41) is 9.65. The summed E-state index contributed by atoms with van der Waals surface area (Å²) in [6.45, 7) is 4.29. The molecule has 1 unspecified atom stereocenters. The van der Waals surface area contributed by atoms with Crippen LogP contribution in [-0.4, -0.2) is 23.5 Å². The Bertz CT molecular complexity index is 601. The normalized spacial score (nSPS) is 12.0. The van der Waals surface area contributed by atoms with E-state index in [0.29, 0.717) is 6.54 Å². The number of halogens is 1. The molecule has 6 heteroatoms. The highest BCUT2D eigenvalue weighted by Crippen LogP contribution is 2.15. The summed E-state index contributed by atoms with van der Waals surface area (Å²) in [4.78, 5) is 16.0. The van der Waals surface area contributed by atoms with Gasteiger partial charge in [0.05, 0.1) is 5.56 Å². The number of amides is 1. The number of pyridine rings is 1. The lowest BCUT2D eigenvalue weighted by atomic mass is 10.1. The second-order valence-corrected chi connectivity index (χ2v) is 5.54. The predicted molar refractivity (Wildman–Crippen MR) is 83.3 cm³/mol. The van der Waals surface area contributed by atoms with Crippen molar-refractivity contribution < 1.29 is 9.18 Å². The Labute approximate surface area is 127 Å². The van der Waals surface area contributed by atoms with E-state index in [1.807, 2.05) is 30.7 Å². The summed E-state index contributed by atoms with van der Waals surface area (Å²) in [5.41, 5.74) is 1.18. The highest BCUT2D eigenvalue weighted by molar-refractivity contribution is 7.07. The van der Waals surface area contributed by atoms with Crippen LogP contribution >= 0.6 is 11.3 Å². The van der Waals surface area contributed by atoms with Crippen molar-refractivity contribution in [1.29, 1.82) is 0 Å². The Kier molecular flexibility index (Phi) is 5.27. The zero-order valence-electron chi connectivity index (χ0n) is 12.0. The van der Waals surface area contributed by atoms with Crippen LogP contribution in [0.4, 0.5) is 10.2 Å². The Morgan fingerprint density at radius 2 is 2.29 bits per heavy atom. The van der Waals surface area contributed by atoms with Gasteiger partial charge in [-0.15, -0.1) is 0 Å². The van der Waals surface area contributed by atoms with E-state index >= 15 is 0 Å². The standard InChI is InChI=1S/C15H18FN3OS/c1-3-17-14-13(16)12(4-6-18-14)15(20)19-10(2)8-11-5-7-21-9-11/h4-7,9-10H,3,8H2,1-2H3,(H,17,18)(H,19,20). The van der Waals surface area contributed by atoms with E-state index in [0.717, 1.165) is 12.0 Å². The van der Waals surface area contributed by atoms with Gasteiger partial charge in [0, 0.05) is 18.8 Å². The average Bonchev–Trinajstić information content (AvgIpc) is 2.94. The summed E-state index contributed by atoms with van der Waals surface area (Å²) in [6.07, 6.45) is 2.15. The molecule has 2 rings (SSSR count). The van der Waals surface area contributed by atoms with E-state index in [4.69, 9.17) is 0 Å². The minimum absolute atomic E-state index is 0.0121. The third-order valence-corrected chi connectivity index (χ3v) is 3.71. The smallest absolute Gasteiger partial charge is 0.254 e. The molecule has 0 aliphatic carbocycles. The Hall–Kier alpha value is -1.95. The molecule has 0 aliphatic heterocycles. The van der Waals surface area contributed by atoms with Crippen molar-refractivity contribution in [1.82, 2.24) is 10.3 Å². The van der Waals surface area contributed by atoms with Gasteiger partial charge in [-0.1, -0.05) is 0 Å². The molecule has 2 heterocycles. The first-order valence-corrected chi connectivity index (χ1v) is 7.76. The van der Waals surface area contributed by atoms with Gasteiger partial charge < -0.3 is 10.6 Å². The molecule has 2 N–H and O–H groups in total. The highest BCUT2D eigenvalue weighted by Gasteiger charge is 2.17.